The van der Waals surface area contributed by atoms with Gasteiger partial charge in [0.25, 0.3) is 0 Å². The van der Waals surface area contributed by atoms with Crippen LogP contribution in [0.2, 0.25) is 0 Å². The van der Waals surface area contributed by atoms with Crippen molar-refractivity contribution < 1.29 is 9.84 Å². The number of epoxide rings is 1. The van der Waals surface area contributed by atoms with Crippen molar-refractivity contribution in [1.82, 2.24) is 0 Å². The molecule has 0 aliphatic carbocycles. The zero-order chi connectivity index (χ0) is 9.31. The highest BCUT2D eigenvalue weighted by Crippen LogP contribution is 2.37. The van der Waals surface area contributed by atoms with E-state index in [1.54, 1.807) is 0 Å². The van der Waals surface area contributed by atoms with E-state index in [0.29, 0.717) is 0 Å². The van der Waals surface area contributed by atoms with E-state index >= 15 is 0 Å². The quantitative estimate of drug-likeness (QED) is 0.709. The molecule has 70 valence electrons. The van der Waals surface area contributed by atoms with E-state index < -0.39 is 0 Å². The normalized spacial score (nSPS) is 31.7. The monoisotopic (exact) mass is 178 g/mol. The van der Waals surface area contributed by atoms with Crippen molar-refractivity contribution in [2.24, 2.45) is 0 Å². The van der Waals surface area contributed by atoms with Crippen LogP contribution in [0.3, 0.4) is 0 Å². The van der Waals surface area contributed by atoms with Gasteiger partial charge in [0, 0.05) is 6.42 Å². The first-order chi connectivity index (χ1) is 6.24. The maximum Gasteiger partial charge on any atom is 0.115 e. The van der Waals surface area contributed by atoms with Crippen LogP contribution in [-0.2, 0) is 11.2 Å². The van der Waals surface area contributed by atoms with Gasteiger partial charge in [-0.1, -0.05) is 30.3 Å². The fraction of sp³-hybridized carbons (Fsp3) is 0.455. The number of aliphatic hydroxyl groups is 1. The first-order valence-corrected chi connectivity index (χ1v) is 4.57. The van der Waals surface area contributed by atoms with Crippen LogP contribution in [0.5, 0.6) is 0 Å². The average molecular weight is 178 g/mol. The summed E-state index contributed by atoms with van der Waals surface area (Å²) in [5.74, 6) is 0. The zero-order valence-corrected chi connectivity index (χ0v) is 7.73. The van der Waals surface area contributed by atoms with Gasteiger partial charge in [-0.3, -0.25) is 0 Å². The van der Waals surface area contributed by atoms with Crippen molar-refractivity contribution >= 4 is 0 Å². The average Bonchev–Trinajstić information content (AvgIpc) is 2.80. The predicted molar refractivity (Wildman–Crippen MR) is 50.5 cm³/mol. The van der Waals surface area contributed by atoms with Crippen molar-refractivity contribution in [2.75, 3.05) is 6.61 Å². The van der Waals surface area contributed by atoms with E-state index in [2.05, 4.69) is 12.1 Å². The van der Waals surface area contributed by atoms with E-state index in [1.165, 1.54) is 5.56 Å². The van der Waals surface area contributed by atoms with Crippen molar-refractivity contribution in [1.29, 1.82) is 0 Å². The van der Waals surface area contributed by atoms with Crippen LogP contribution < -0.4 is 0 Å². The Morgan fingerprint density at radius 2 is 2.08 bits per heavy atom. The molecule has 0 amide bonds. The highest BCUT2D eigenvalue weighted by Gasteiger charge is 2.51. The minimum atomic E-state index is -0.282. The van der Waals surface area contributed by atoms with Crippen LogP contribution >= 0.6 is 0 Å². The molecule has 13 heavy (non-hydrogen) atoms. The van der Waals surface area contributed by atoms with Crippen molar-refractivity contribution in [3.8, 4) is 0 Å². The maximum absolute atomic E-state index is 8.99. The Kier molecular flexibility index (Phi) is 2.10. The smallest absolute Gasteiger partial charge is 0.115 e. The summed E-state index contributed by atoms with van der Waals surface area (Å²) >= 11 is 0. The highest BCUT2D eigenvalue weighted by molar-refractivity contribution is 5.18. The van der Waals surface area contributed by atoms with Gasteiger partial charge in [-0.2, -0.15) is 0 Å². The van der Waals surface area contributed by atoms with Gasteiger partial charge in [0.1, 0.15) is 5.60 Å². The number of rotatable bonds is 3. The Morgan fingerprint density at radius 3 is 2.62 bits per heavy atom. The molecule has 2 atom stereocenters. The second-order valence-electron chi connectivity index (χ2n) is 3.77. The Morgan fingerprint density at radius 1 is 1.38 bits per heavy atom. The van der Waals surface area contributed by atoms with E-state index in [4.69, 9.17) is 9.84 Å². The van der Waals surface area contributed by atoms with Crippen LogP contribution in [0, 0.1) is 0 Å². The van der Waals surface area contributed by atoms with E-state index in [-0.39, 0.29) is 18.3 Å². The molecule has 1 aromatic carbocycles. The molecule has 2 unspecified atom stereocenters. The molecule has 1 heterocycles. The van der Waals surface area contributed by atoms with Crippen molar-refractivity contribution in [2.45, 2.75) is 25.0 Å². The summed E-state index contributed by atoms with van der Waals surface area (Å²) in [7, 11) is 0. The first-order valence-electron chi connectivity index (χ1n) is 4.57. The number of hydrogen-bond donors (Lipinski definition) is 1. The largest absolute Gasteiger partial charge is 0.393 e. The molecule has 0 aromatic heterocycles. The van der Waals surface area contributed by atoms with Gasteiger partial charge >= 0.3 is 0 Å². The molecule has 1 N–H and O–H groups in total. The fourth-order valence-corrected chi connectivity index (χ4v) is 1.52. The minimum absolute atomic E-state index is 0.116. The SMILES string of the molecule is CC1(CO)OC1Cc1ccccc1. The summed E-state index contributed by atoms with van der Waals surface area (Å²) in [5.41, 5.74) is 0.986. The van der Waals surface area contributed by atoms with Gasteiger partial charge in [-0.25, -0.2) is 0 Å². The minimum Gasteiger partial charge on any atom is -0.393 e. The third kappa shape index (κ3) is 1.74. The topological polar surface area (TPSA) is 32.8 Å². The van der Waals surface area contributed by atoms with Crippen LogP contribution in [0.1, 0.15) is 12.5 Å². The van der Waals surface area contributed by atoms with Crippen LogP contribution in [0.4, 0.5) is 0 Å². The maximum atomic E-state index is 8.99. The molecule has 1 saturated heterocycles. The van der Waals surface area contributed by atoms with Gasteiger partial charge in [0.05, 0.1) is 12.7 Å². The molecule has 2 rings (SSSR count). The summed E-state index contributed by atoms with van der Waals surface area (Å²) in [6.45, 7) is 2.06. The highest BCUT2D eigenvalue weighted by atomic mass is 16.6. The lowest BCUT2D eigenvalue weighted by molar-refractivity contribution is 0.184. The molecular weight excluding hydrogens is 164 g/mol. The molecule has 0 bridgehead atoms. The molecule has 1 fully saturated rings. The molecule has 2 heteroatoms. The third-order valence-electron chi connectivity index (χ3n) is 2.61. The summed E-state index contributed by atoms with van der Waals surface area (Å²) in [4.78, 5) is 0. The van der Waals surface area contributed by atoms with E-state index in [0.717, 1.165) is 6.42 Å². The van der Waals surface area contributed by atoms with Crippen LogP contribution in [0.15, 0.2) is 30.3 Å². The van der Waals surface area contributed by atoms with E-state index in [9.17, 15) is 0 Å². The Hall–Kier alpha value is -0.860. The Balaban J connectivity index is 1.95. The van der Waals surface area contributed by atoms with Crippen molar-refractivity contribution in [3.05, 3.63) is 35.9 Å². The number of ether oxygens (including phenoxy) is 1. The van der Waals surface area contributed by atoms with Gasteiger partial charge in [-0.05, 0) is 12.5 Å². The standard InChI is InChI=1S/C11H14O2/c1-11(8-12)10(13-11)7-9-5-3-2-4-6-9/h2-6,10,12H,7-8H2,1H3. The number of hydrogen-bond acceptors (Lipinski definition) is 2. The van der Waals surface area contributed by atoms with Gasteiger partial charge in [-0.15, -0.1) is 0 Å². The molecule has 0 radical (unpaired) electrons. The Bertz CT molecular complexity index is 283. The second-order valence-corrected chi connectivity index (χ2v) is 3.77. The molecule has 0 saturated carbocycles. The fourth-order valence-electron chi connectivity index (χ4n) is 1.52. The van der Waals surface area contributed by atoms with Crippen molar-refractivity contribution in [3.63, 3.8) is 0 Å². The van der Waals surface area contributed by atoms with Gasteiger partial charge in [0.15, 0.2) is 0 Å². The van der Waals surface area contributed by atoms with Gasteiger partial charge < -0.3 is 9.84 Å². The molecule has 2 nitrogen and oxygen atoms in total. The first kappa shape index (κ1) is 8.73. The molecule has 0 spiro atoms. The lowest BCUT2D eigenvalue weighted by atomic mass is 10.0. The molecule has 1 aliphatic rings. The molecule has 1 aliphatic heterocycles. The third-order valence-corrected chi connectivity index (χ3v) is 2.61. The Labute approximate surface area is 78.2 Å². The number of benzene rings is 1. The lowest BCUT2D eigenvalue weighted by Gasteiger charge is -2.00. The van der Waals surface area contributed by atoms with E-state index in [1.807, 2.05) is 25.1 Å². The van der Waals surface area contributed by atoms with Crippen LogP contribution in [0.25, 0.3) is 0 Å². The lowest BCUT2D eigenvalue weighted by Crippen LogP contribution is -2.16. The zero-order valence-electron chi connectivity index (χ0n) is 7.73. The number of aliphatic hydroxyl groups excluding tert-OH is 1. The summed E-state index contributed by atoms with van der Waals surface area (Å²) < 4.78 is 5.41. The molecular formula is C11H14O2. The van der Waals surface area contributed by atoms with Crippen LogP contribution in [-0.4, -0.2) is 23.4 Å². The second kappa shape index (κ2) is 3.13. The summed E-state index contributed by atoms with van der Waals surface area (Å²) in [6.07, 6.45) is 1.10. The molecule has 1 aromatic rings. The summed E-state index contributed by atoms with van der Waals surface area (Å²) in [6, 6.07) is 10.2. The van der Waals surface area contributed by atoms with Gasteiger partial charge in [0.2, 0.25) is 0 Å². The summed E-state index contributed by atoms with van der Waals surface area (Å²) in [5, 5.41) is 8.99. The predicted octanol–water partition coefficient (Wildman–Crippen LogP) is 1.38.